The number of rotatable bonds is 3. The minimum absolute atomic E-state index is 0.0455. The van der Waals surface area contributed by atoms with Crippen molar-refractivity contribution in [3.63, 3.8) is 0 Å². The molecule has 4 rings (SSSR count). The zero-order chi connectivity index (χ0) is 17.6. The van der Waals surface area contributed by atoms with Crippen LogP contribution in [0.25, 0.3) is 11.0 Å². The molecule has 2 fully saturated rings. The maximum Gasteiger partial charge on any atom is 0.253 e. The number of fused-ring (bicyclic) bond motifs is 1. The van der Waals surface area contributed by atoms with Crippen LogP contribution in [0.4, 0.5) is 0 Å². The van der Waals surface area contributed by atoms with Gasteiger partial charge >= 0.3 is 0 Å². The number of carbonyl (C=O) groups excluding carboxylic acids is 1. The van der Waals surface area contributed by atoms with E-state index in [1.807, 2.05) is 41.6 Å². The number of likely N-dealkylation sites (tertiary alicyclic amines) is 1. The second-order valence-corrected chi connectivity index (χ2v) is 7.28. The van der Waals surface area contributed by atoms with E-state index in [0.29, 0.717) is 25.3 Å². The van der Waals surface area contributed by atoms with Crippen LogP contribution < -0.4 is 0 Å². The lowest BCUT2D eigenvalue weighted by atomic mass is 9.58. The van der Waals surface area contributed by atoms with Crippen LogP contribution in [0.1, 0.15) is 36.5 Å². The van der Waals surface area contributed by atoms with E-state index in [1.165, 1.54) is 0 Å². The zero-order valence-corrected chi connectivity index (χ0v) is 14.8. The minimum atomic E-state index is -0.300. The fourth-order valence-corrected chi connectivity index (χ4v) is 4.39. The third-order valence-corrected chi connectivity index (χ3v) is 6.06. The Hall–Kier alpha value is -1.92. The van der Waals surface area contributed by atoms with E-state index in [-0.39, 0.29) is 23.5 Å². The first-order valence-corrected chi connectivity index (χ1v) is 9.05. The van der Waals surface area contributed by atoms with E-state index < -0.39 is 0 Å². The van der Waals surface area contributed by atoms with Gasteiger partial charge in [-0.15, -0.1) is 0 Å². The molecule has 0 bridgehead atoms. The second kappa shape index (κ2) is 6.11. The Kier molecular flexibility index (Phi) is 4.04. The molecule has 1 aromatic carbocycles. The van der Waals surface area contributed by atoms with Crippen LogP contribution in [0.15, 0.2) is 24.5 Å². The Morgan fingerprint density at radius 3 is 2.84 bits per heavy atom. The van der Waals surface area contributed by atoms with Gasteiger partial charge < -0.3 is 19.3 Å². The van der Waals surface area contributed by atoms with Gasteiger partial charge in [0.25, 0.3) is 5.91 Å². The number of piperidine rings is 1. The Morgan fingerprint density at radius 2 is 2.16 bits per heavy atom. The summed E-state index contributed by atoms with van der Waals surface area (Å²) in [7, 11) is 1.94. The molecule has 1 aliphatic heterocycles. The number of hydrogen-bond donors (Lipinski definition) is 1. The summed E-state index contributed by atoms with van der Waals surface area (Å²) < 4.78 is 7.74. The summed E-state index contributed by atoms with van der Waals surface area (Å²) in [5, 5.41) is 10.3. The molecule has 1 aromatic heterocycles. The van der Waals surface area contributed by atoms with Crippen molar-refractivity contribution in [2.45, 2.75) is 38.4 Å². The van der Waals surface area contributed by atoms with E-state index in [4.69, 9.17) is 4.74 Å². The zero-order valence-electron chi connectivity index (χ0n) is 14.8. The van der Waals surface area contributed by atoms with Crippen molar-refractivity contribution in [3.8, 4) is 0 Å². The number of carbonyl (C=O) groups is 1. The lowest BCUT2D eigenvalue weighted by molar-refractivity contribution is -0.207. The number of aliphatic hydroxyl groups excluding tert-OH is 1. The molecule has 25 heavy (non-hydrogen) atoms. The van der Waals surface area contributed by atoms with Gasteiger partial charge in [0.05, 0.1) is 29.6 Å². The lowest BCUT2D eigenvalue weighted by Gasteiger charge is -2.56. The Bertz CT molecular complexity index is 790. The highest BCUT2D eigenvalue weighted by Crippen LogP contribution is 2.51. The molecule has 2 unspecified atom stereocenters. The highest BCUT2D eigenvalue weighted by molar-refractivity contribution is 5.97. The van der Waals surface area contributed by atoms with Crippen LogP contribution in [0.3, 0.4) is 0 Å². The molecule has 2 aromatic rings. The summed E-state index contributed by atoms with van der Waals surface area (Å²) >= 11 is 0. The summed E-state index contributed by atoms with van der Waals surface area (Å²) in [5.74, 6) is 0.0455. The van der Waals surface area contributed by atoms with Crippen molar-refractivity contribution in [1.29, 1.82) is 0 Å². The van der Waals surface area contributed by atoms with E-state index in [0.717, 1.165) is 30.3 Å². The van der Waals surface area contributed by atoms with Gasteiger partial charge in [-0.1, -0.05) is 0 Å². The highest BCUT2D eigenvalue weighted by atomic mass is 16.5. The number of imidazole rings is 1. The number of benzene rings is 1. The third kappa shape index (κ3) is 2.55. The third-order valence-electron chi connectivity index (χ3n) is 6.06. The molecule has 1 spiro atoms. The van der Waals surface area contributed by atoms with Gasteiger partial charge in [-0.2, -0.15) is 0 Å². The molecule has 2 heterocycles. The molecular weight excluding hydrogens is 318 g/mol. The summed E-state index contributed by atoms with van der Waals surface area (Å²) in [6, 6.07) is 5.68. The first-order valence-electron chi connectivity index (χ1n) is 9.05. The average Bonchev–Trinajstić information content (AvgIpc) is 3.01. The van der Waals surface area contributed by atoms with Gasteiger partial charge in [0, 0.05) is 44.1 Å². The fourth-order valence-electron chi connectivity index (χ4n) is 4.39. The first kappa shape index (κ1) is 16.5. The maximum absolute atomic E-state index is 12.9. The van der Waals surface area contributed by atoms with Crippen molar-refractivity contribution in [2.75, 3.05) is 19.7 Å². The van der Waals surface area contributed by atoms with Crippen molar-refractivity contribution in [3.05, 3.63) is 30.1 Å². The second-order valence-electron chi connectivity index (χ2n) is 7.28. The molecule has 134 valence electrons. The Balaban J connectivity index is 1.47. The summed E-state index contributed by atoms with van der Waals surface area (Å²) in [4.78, 5) is 19.1. The van der Waals surface area contributed by atoms with E-state index in [9.17, 15) is 9.90 Å². The molecule has 1 saturated heterocycles. The van der Waals surface area contributed by atoms with Crippen LogP contribution in [0.2, 0.25) is 0 Å². The van der Waals surface area contributed by atoms with Gasteiger partial charge in [-0.25, -0.2) is 4.98 Å². The molecule has 6 nitrogen and oxygen atoms in total. The number of aryl methyl sites for hydroxylation is 1. The highest BCUT2D eigenvalue weighted by Gasteiger charge is 2.56. The molecule has 1 saturated carbocycles. The quantitative estimate of drug-likeness (QED) is 0.925. The fraction of sp³-hybridized carbons (Fsp3) is 0.579. The number of hydrogen-bond acceptors (Lipinski definition) is 4. The number of nitrogens with zero attached hydrogens (tertiary/aromatic N) is 3. The van der Waals surface area contributed by atoms with Crippen LogP contribution in [0.5, 0.6) is 0 Å². The topological polar surface area (TPSA) is 67.6 Å². The summed E-state index contributed by atoms with van der Waals surface area (Å²) in [6.45, 7) is 4.00. The van der Waals surface area contributed by atoms with Crippen molar-refractivity contribution in [1.82, 2.24) is 14.5 Å². The smallest absolute Gasteiger partial charge is 0.253 e. The molecule has 2 atom stereocenters. The number of ether oxygens (including phenoxy) is 1. The van der Waals surface area contributed by atoms with Crippen LogP contribution in [-0.2, 0) is 11.8 Å². The normalized spacial score (nSPS) is 25.3. The molecular formula is C19H25N3O3. The minimum Gasteiger partial charge on any atom is -0.392 e. The molecule has 0 radical (unpaired) electrons. The van der Waals surface area contributed by atoms with Crippen molar-refractivity contribution < 1.29 is 14.6 Å². The molecule has 1 aliphatic carbocycles. The van der Waals surface area contributed by atoms with Gasteiger partial charge in [-0.05, 0) is 38.0 Å². The number of aliphatic hydroxyl groups is 1. The van der Waals surface area contributed by atoms with E-state index >= 15 is 0 Å². The molecule has 1 N–H and O–H groups in total. The predicted molar refractivity (Wildman–Crippen MR) is 94.3 cm³/mol. The van der Waals surface area contributed by atoms with Crippen molar-refractivity contribution in [2.24, 2.45) is 12.5 Å². The number of amides is 1. The first-order chi connectivity index (χ1) is 12.0. The molecule has 6 heteroatoms. The Morgan fingerprint density at radius 1 is 1.40 bits per heavy atom. The average molecular weight is 343 g/mol. The van der Waals surface area contributed by atoms with E-state index in [2.05, 4.69) is 4.98 Å². The Labute approximate surface area is 147 Å². The predicted octanol–water partition coefficient (Wildman–Crippen LogP) is 1.97. The van der Waals surface area contributed by atoms with Crippen molar-refractivity contribution >= 4 is 16.9 Å². The monoisotopic (exact) mass is 343 g/mol. The number of aromatic nitrogens is 2. The van der Waals surface area contributed by atoms with Crippen LogP contribution in [0, 0.1) is 5.41 Å². The van der Waals surface area contributed by atoms with Gasteiger partial charge in [0.2, 0.25) is 0 Å². The van der Waals surface area contributed by atoms with Gasteiger partial charge in [-0.3, -0.25) is 4.79 Å². The molecule has 2 aliphatic rings. The van der Waals surface area contributed by atoms with E-state index in [1.54, 1.807) is 6.33 Å². The van der Waals surface area contributed by atoms with Crippen LogP contribution >= 0.6 is 0 Å². The standard InChI is InChI=1S/C19H25N3O3/c1-3-25-17-11-16(23)19(17)6-8-22(9-7-19)18(24)13-4-5-15-14(10-13)20-12-21(15)2/h4-5,10,12,16-17,23H,3,6-9,11H2,1-2H3. The maximum atomic E-state index is 12.9. The lowest BCUT2D eigenvalue weighted by Crippen LogP contribution is -2.62. The molecule has 1 amide bonds. The largest absolute Gasteiger partial charge is 0.392 e. The summed E-state index contributed by atoms with van der Waals surface area (Å²) in [5.41, 5.74) is 2.38. The SMILES string of the molecule is CCOC1CC(O)C12CCN(C(=O)c1ccc3c(c1)ncn3C)CC2. The van der Waals surface area contributed by atoms with Crippen LogP contribution in [-0.4, -0.2) is 57.4 Å². The van der Waals surface area contributed by atoms with Gasteiger partial charge in [0.1, 0.15) is 0 Å². The van der Waals surface area contributed by atoms with Gasteiger partial charge in [0.15, 0.2) is 0 Å². The summed E-state index contributed by atoms with van der Waals surface area (Å²) in [6.07, 6.45) is 3.92.